The number of amides is 2. The van der Waals surface area contributed by atoms with E-state index in [1.54, 1.807) is 19.1 Å². The summed E-state index contributed by atoms with van der Waals surface area (Å²) in [6.45, 7) is 2.22. The van der Waals surface area contributed by atoms with Gasteiger partial charge in [0.25, 0.3) is 18.2 Å². The number of methoxy groups -OCH3 is 1. The minimum Gasteiger partial charge on any atom is -0.494 e. The van der Waals surface area contributed by atoms with Crippen molar-refractivity contribution in [1.82, 2.24) is 19.9 Å². The van der Waals surface area contributed by atoms with Crippen molar-refractivity contribution in [2.75, 3.05) is 12.4 Å². The number of benzene rings is 1. The minimum absolute atomic E-state index is 0.0958. The maximum Gasteiger partial charge on any atom is 0.265 e. The number of hydrogen-bond acceptors (Lipinski definition) is 7. The van der Waals surface area contributed by atoms with E-state index in [9.17, 15) is 18.4 Å². The molecule has 4 heterocycles. The maximum absolute atomic E-state index is 13.3. The van der Waals surface area contributed by atoms with Gasteiger partial charge in [-0.3, -0.25) is 19.9 Å². The van der Waals surface area contributed by atoms with Gasteiger partial charge in [0.2, 0.25) is 0 Å². The number of carbonyl (C=O) groups is 2. The number of nitrogens with zero attached hydrogens (tertiary/aromatic N) is 4. The van der Waals surface area contributed by atoms with Gasteiger partial charge in [-0.15, -0.1) is 0 Å². The van der Waals surface area contributed by atoms with Gasteiger partial charge in [0.1, 0.15) is 10.9 Å². The van der Waals surface area contributed by atoms with E-state index in [2.05, 4.69) is 20.3 Å². The summed E-state index contributed by atoms with van der Waals surface area (Å²) in [6, 6.07) is 7.18. The monoisotopic (exact) mass is 589 g/mol. The van der Waals surface area contributed by atoms with Crippen LogP contribution in [0.15, 0.2) is 42.7 Å². The summed E-state index contributed by atoms with van der Waals surface area (Å²) in [5, 5.41) is 3.31. The van der Waals surface area contributed by atoms with Crippen molar-refractivity contribution >= 4 is 51.5 Å². The average Bonchev–Trinajstić information content (AvgIpc) is 3.47. The van der Waals surface area contributed by atoms with Crippen LogP contribution in [0, 0.1) is 6.92 Å². The molecule has 1 aromatic carbocycles. The molecule has 39 heavy (non-hydrogen) atoms. The standard InChI is InChI=1S/C26H19Cl2F2N5O3S/c1-12-5-14(15-7-22(28)32-9-20(15)38-2)17(8-31-12)24(36)34-26-33-19-10-35(11-21(19)39-26)25(37)13-3-4-18(27)16(6-13)23(29)30/h3-9,23H,10-11H2,1-2H3,(H,33,34,36). The molecule has 0 atom stereocenters. The number of ether oxygens (including phenoxy) is 1. The van der Waals surface area contributed by atoms with Crippen molar-refractivity contribution in [3.63, 3.8) is 0 Å². The molecule has 0 aliphatic carbocycles. The highest BCUT2D eigenvalue weighted by Gasteiger charge is 2.29. The lowest BCUT2D eigenvalue weighted by molar-refractivity contribution is 0.0750. The molecule has 3 aromatic heterocycles. The second-order valence-corrected chi connectivity index (χ2v) is 10.5. The molecule has 200 valence electrons. The number of nitrogens with one attached hydrogen (secondary N) is 1. The molecule has 2 amide bonds. The van der Waals surface area contributed by atoms with E-state index in [0.29, 0.717) is 33.4 Å². The summed E-state index contributed by atoms with van der Waals surface area (Å²) in [5.41, 5.74) is 2.47. The molecule has 8 nitrogen and oxygen atoms in total. The summed E-state index contributed by atoms with van der Waals surface area (Å²) >= 11 is 13.2. The molecule has 0 fully saturated rings. The van der Waals surface area contributed by atoms with E-state index in [-0.39, 0.29) is 34.4 Å². The van der Waals surface area contributed by atoms with E-state index in [1.807, 2.05) is 0 Å². The zero-order valence-electron chi connectivity index (χ0n) is 20.5. The number of pyridine rings is 2. The number of alkyl halides is 2. The van der Waals surface area contributed by atoms with Crippen molar-refractivity contribution in [2.24, 2.45) is 0 Å². The van der Waals surface area contributed by atoms with Gasteiger partial charge in [0.15, 0.2) is 5.13 Å². The lowest BCUT2D eigenvalue weighted by Gasteiger charge is -2.16. The lowest BCUT2D eigenvalue weighted by Crippen LogP contribution is -2.25. The first-order valence-corrected chi connectivity index (χ1v) is 13.0. The zero-order chi connectivity index (χ0) is 27.8. The van der Waals surface area contributed by atoms with Crippen LogP contribution in [-0.2, 0) is 13.1 Å². The Morgan fingerprint density at radius 2 is 1.90 bits per heavy atom. The molecular formula is C26H19Cl2F2N5O3S. The van der Waals surface area contributed by atoms with Gasteiger partial charge in [0, 0.05) is 39.2 Å². The fourth-order valence-corrected chi connectivity index (χ4v) is 5.52. The zero-order valence-corrected chi connectivity index (χ0v) is 22.8. The summed E-state index contributed by atoms with van der Waals surface area (Å²) in [6.07, 6.45) is 0.153. The highest BCUT2D eigenvalue weighted by molar-refractivity contribution is 7.16. The molecule has 0 unspecified atom stereocenters. The maximum atomic E-state index is 13.3. The third kappa shape index (κ3) is 5.42. The molecule has 0 bridgehead atoms. The quantitative estimate of drug-likeness (QED) is 0.255. The number of halogens is 4. The second kappa shape index (κ2) is 10.8. The number of thiazole rings is 1. The van der Waals surface area contributed by atoms with Crippen LogP contribution in [0.1, 0.15) is 49.0 Å². The van der Waals surface area contributed by atoms with Crippen molar-refractivity contribution in [2.45, 2.75) is 26.4 Å². The highest BCUT2D eigenvalue weighted by Crippen LogP contribution is 2.36. The molecule has 1 aliphatic heterocycles. The Bertz CT molecular complexity index is 1590. The van der Waals surface area contributed by atoms with Gasteiger partial charge >= 0.3 is 0 Å². The highest BCUT2D eigenvalue weighted by atomic mass is 35.5. The number of hydrogen-bond donors (Lipinski definition) is 1. The van der Waals surface area contributed by atoms with E-state index < -0.39 is 23.8 Å². The van der Waals surface area contributed by atoms with E-state index in [1.165, 1.54) is 47.9 Å². The molecule has 0 spiro atoms. The normalized spacial score (nSPS) is 12.5. The van der Waals surface area contributed by atoms with E-state index >= 15 is 0 Å². The van der Waals surface area contributed by atoms with Gasteiger partial charge in [-0.1, -0.05) is 34.5 Å². The Morgan fingerprint density at radius 1 is 1.10 bits per heavy atom. The molecule has 0 radical (unpaired) electrons. The molecule has 4 aromatic rings. The Kier molecular flexibility index (Phi) is 7.48. The van der Waals surface area contributed by atoms with Crippen LogP contribution in [0.25, 0.3) is 11.1 Å². The van der Waals surface area contributed by atoms with E-state index in [4.69, 9.17) is 27.9 Å². The van der Waals surface area contributed by atoms with Crippen LogP contribution in [-0.4, -0.2) is 38.8 Å². The summed E-state index contributed by atoms with van der Waals surface area (Å²) in [7, 11) is 1.50. The lowest BCUT2D eigenvalue weighted by atomic mass is 10.0. The van der Waals surface area contributed by atoms with Crippen LogP contribution < -0.4 is 10.1 Å². The predicted octanol–water partition coefficient (Wildman–Crippen LogP) is 6.57. The Hall–Kier alpha value is -3.67. The molecule has 0 saturated carbocycles. The molecule has 13 heteroatoms. The minimum atomic E-state index is -2.79. The van der Waals surface area contributed by atoms with Crippen LogP contribution in [0.5, 0.6) is 5.75 Å². The van der Waals surface area contributed by atoms with Crippen molar-refractivity contribution in [1.29, 1.82) is 0 Å². The van der Waals surface area contributed by atoms with Crippen molar-refractivity contribution in [3.05, 3.63) is 85.9 Å². The third-order valence-corrected chi connectivity index (χ3v) is 7.62. The topological polar surface area (TPSA) is 97.3 Å². The van der Waals surface area contributed by atoms with Crippen LogP contribution in [0.3, 0.4) is 0 Å². The van der Waals surface area contributed by atoms with Crippen molar-refractivity contribution in [3.8, 4) is 16.9 Å². The van der Waals surface area contributed by atoms with Gasteiger partial charge in [-0.2, -0.15) is 0 Å². The first-order valence-electron chi connectivity index (χ1n) is 11.5. The summed E-state index contributed by atoms with van der Waals surface area (Å²) < 4.78 is 31.8. The van der Waals surface area contributed by atoms with Crippen molar-refractivity contribution < 1.29 is 23.1 Å². The molecule has 0 saturated heterocycles. The Morgan fingerprint density at radius 3 is 2.62 bits per heavy atom. The SMILES string of the molecule is COc1cnc(Cl)cc1-c1cc(C)ncc1C(=O)Nc1nc2c(s1)CN(C(=O)c1ccc(Cl)c(C(F)F)c1)C2. The van der Waals surface area contributed by atoms with Gasteiger partial charge in [-0.25, -0.2) is 18.7 Å². The summed E-state index contributed by atoms with van der Waals surface area (Å²) in [5.74, 6) is -0.406. The average molecular weight is 590 g/mol. The molecular weight excluding hydrogens is 571 g/mol. The molecule has 1 aliphatic rings. The number of aromatic nitrogens is 3. The third-order valence-electron chi connectivity index (χ3n) is 6.07. The predicted molar refractivity (Wildman–Crippen MR) is 144 cm³/mol. The smallest absolute Gasteiger partial charge is 0.265 e. The van der Waals surface area contributed by atoms with Gasteiger partial charge in [0.05, 0.1) is 42.5 Å². The Labute approximate surface area is 235 Å². The fourth-order valence-electron chi connectivity index (χ4n) is 4.18. The first-order chi connectivity index (χ1) is 18.6. The summed E-state index contributed by atoms with van der Waals surface area (Å²) in [4.78, 5) is 41.3. The van der Waals surface area contributed by atoms with Crippen LogP contribution in [0.2, 0.25) is 10.2 Å². The number of carbonyl (C=O) groups excluding carboxylic acids is 2. The largest absolute Gasteiger partial charge is 0.494 e. The van der Waals surface area contributed by atoms with Crippen LogP contribution in [0.4, 0.5) is 13.9 Å². The number of aryl methyl sites for hydroxylation is 1. The Balaban J connectivity index is 1.34. The molecule has 1 N–H and O–H groups in total. The molecule has 5 rings (SSSR count). The second-order valence-electron chi connectivity index (χ2n) is 8.62. The first kappa shape index (κ1) is 26.9. The number of anilines is 1. The van der Waals surface area contributed by atoms with Gasteiger partial charge in [-0.05, 0) is 37.3 Å². The van der Waals surface area contributed by atoms with Crippen LogP contribution >= 0.6 is 34.5 Å². The number of rotatable bonds is 6. The van der Waals surface area contributed by atoms with Gasteiger partial charge < -0.3 is 9.64 Å². The number of fused-ring (bicyclic) bond motifs is 1. The van der Waals surface area contributed by atoms with E-state index in [0.717, 1.165) is 10.9 Å². The fraction of sp³-hybridized carbons (Fsp3) is 0.192.